The molecule has 1 aromatic carbocycles. The molecule has 1 aliphatic carbocycles. The Balaban J connectivity index is 2.12. The summed E-state index contributed by atoms with van der Waals surface area (Å²) in [7, 11) is 0. The number of halogens is 1. The third kappa shape index (κ3) is 2.67. The summed E-state index contributed by atoms with van der Waals surface area (Å²) in [6.07, 6.45) is 2.31. The van der Waals surface area contributed by atoms with Crippen molar-refractivity contribution in [1.82, 2.24) is 9.55 Å². The third-order valence-electron chi connectivity index (χ3n) is 3.90. The number of hydrogen-bond donors (Lipinski definition) is 1. The van der Waals surface area contributed by atoms with Crippen LogP contribution in [0.3, 0.4) is 0 Å². The van der Waals surface area contributed by atoms with Gasteiger partial charge in [0.2, 0.25) is 0 Å². The van der Waals surface area contributed by atoms with E-state index in [0.29, 0.717) is 28.9 Å². The second-order valence-electron chi connectivity index (χ2n) is 6.47. The summed E-state index contributed by atoms with van der Waals surface area (Å²) in [5, 5.41) is 0. The van der Waals surface area contributed by atoms with Gasteiger partial charge in [-0.3, -0.25) is 0 Å². The molecule has 2 aromatic rings. The maximum atomic E-state index is 14.2. The van der Waals surface area contributed by atoms with Gasteiger partial charge in [0, 0.05) is 18.0 Å². The van der Waals surface area contributed by atoms with E-state index in [1.165, 1.54) is 6.07 Å². The largest absolute Gasteiger partial charge is 0.383 e. The molecule has 3 nitrogen and oxygen atoms in total. The fourth-order valence-corrected chi connectivity index (χ4v) is 2.71. The van der Waals surface area contributed by atoms with Gasteiger partial charge in [-0.2, -0.15) is 0 Å². The van der Waals surface area contributed by atoms with Crippen LogP contribution >= 0.6 is 0 Å². The van der Waals surface area contributed by atoms with Crippen molar-refractivity contribution in [3.8, 4) is 11.3 Å². The molecule has 1 fully saturated rings. The maximum Gasteiger partial charge on any atom is 0.132 e. The molecule has 0 radical (unpaired) electrons. The molecule has 0 saturated heterocycles. The molecular weight excluding hydrogens is 265 g/mol. The summed E-state index contributed by atoms with van der Waals surface area (Å²) < 4.78 is 16.2. The zero-order valence-electron chi connectivity index (χ0n) is 12.9. The number of aryl methyl sites for hydroxylation is 1. The molecule has 1 aliphatic rings. The standard InChI is InChI=1S/C17H22FN3/c1-10(2)9-21-16(19)15(20-17(21)12-5-6-12)13-8-11(3)4-7-14(13)18/h4,7-8,10,12H,5-6,9,19H2,1-3H3. The average Bonchev–Trinajstić information content (AvgIpc) is 3.21. The Hall–Kier alpha value is -1.84. The van der Waals surface area contributed by atoms with E-state index in [1.54, 1.807) is 6.07 Å². The van der Waals surface area contributed by atoms with Gasteiger partial charge in [0.15, 0.2) is 0 Å². The van der Waals surface area contributed by atoms with Crippen molar-refractivity contribution in [3.63, 3.8) is 0 Å². The van der Waals surface area contributed by atoms with Crippen molar-refractivity contribution >= 4 is 5.82 Å². The molecular formula is C17H22FN3. The summed E-state index contributed by atoms with van der Waals surface area (Å²) in [6, 6.07) is 5.08. The molecule has 112 valence electrons. The van der Waals surface area contributed by atoms with Crippen molar-refractivity contribution in [1.29, 1.82) is 0 Å². The molecule has 0 aliphatic heterocycles. The SMILES string of the molecule is Cc1ccc(F)c(-c2nc(C3CC3)n(CC(C)C)c2N)c1. The van der Waals surface area contributed by atoms with Gasteiger partial charge >= 0.3 is 0 Å². The Morgan fingerprint density at radius 2 is 2.10 bits per heavy atom. The lowest BCUT2D eigenvalue weighted by atomic mass is 10.1. The summed E-state index contributed by atoms with van der Waals surface area (Å²) in [5.41, 5.74) is 8.42. The third-order valence-corrected chi connectivity index (χ3v) is 3.90. The van der Waals surface area contributed by atoms with Gasteiger partial charge in [-0.15, -0.1) is 0 Å². The van der Waals surface area contributed by atoms with Crippen LogP contribution in [0.1, 0.15) is 44.0 Å². The molecule has 2 N–H and O–H groups in total. The highest BCUT2D eigenvalue weighted by Gasteiger charge is 2.31. The first-order chi connectivity index (χ1) is 9.97. The second kappa shape index (κ2) is 5.17. The van der Waals surface area contributed by atoms with Crippen LogP contribution in [0.4, 0.5) is 10.2 Å². The first-order valence-corrected chi connectivity index (χ1v) is 7.59. The Bertz CT molecular complexity index is 669. The number of benzene rings is 1. The topological polar surface area (TPSA) is 43.8 Å². The van der Waals surface area contributed by atoms with Crippen LogP contribution in [0.5, 0.6) is 0 Å². The molecule has 0 atom stereocenters. The lowest BCUT2D eigenvalue weighted by Gasteiger charge is -2.12. The Kier molecular flexibility index (Phi) is 3.47. The molecule has 0 bridgehead atoms. The lowest BCUT2D eigenvalue weighted by molar-refractivity contribution is 0.512. The van der Waals surface area contributed by atoms with Crippen molar-refractivity contribution in [2.24, 2.45) is 5.92 Å². The van der Waals surface area contributed by atoms with Crippen LogP contribution < -0.4 is 5.73 Å². The van der Waals surface area contributed by atoms with E-state index in [4.69, 9.17) is 10.7 Å². The van der Waals surface area contributed by atoms with Crippen molar-refractivity contribution in [2.75, 3.05) is 5.73 Å². The first kappa shape index (κ1) is 14.1. The average molecular weight is 287 g/mol. The van der Waals surface area contributed by atoms with Crippen LogP contribution in [0, 0.1) is 18.7 Å². The number of hydrogen-bond acceptors (Lipinski definition) is 2. The van der Waals surface area contributed by atoms with E-state index >= 15 is 0 Å². The highest BCUT2D eigenvalue weighted by molar-refractivity contribution is 5.72. The van der Waals surface area contributed by atoms with Crippen molar-refractivity contribution in [3.05, 3.63) is 35.4 Å². The quantitative estimate of drug-likeness (QED) is 0.919. The maximum absolute atomic E-state index is 14.2. The van der Waals surface area contributed by atoms with Gasteiger partial charge in [0.1, 0.15) is 23.2 Å². The number of nitrogen functional groups attached to an aromatic ring is 1. The monoisotopic (exact) mass is 287 g/mol. The first-order valence-electron chi connectivity index (χ1n) is 7.59. The molecule has 0 unspecified atom stereocenters. The van der Waals surface area contributed by atoms with E-state index in [-0.39, 0.29) is 5.82 Å². The minimum Gasteiger partial charge on any atom is -0.383 e. The van der Waals surface area contributed by atoms with Gasteiger partial charge in [-0.25, -0.2) is 9.37 Å². The van der Waals surface area contributed by atoms with Crippen LogP contribution in [-0.4, -0.2) is 9.55 Å². The van der Waals surface area contributed by atoms with E-state index < -0.39 is 0 Å². The predicted octanol–water partition coefficient (Wildman–Crippen LogP) is 4.11. The number of rotatable bonds is 4. The predicted molar refractivity (Wildman–Crippen MR) is 83.6 cm³/mol. The summed E-state index contributed by atoms with van der Waals surface area (Å²) in [5.74, 6) is 2.33. The Morgan fingerprint density at radius 3 is 2.71 bits per heavy atom. The fourth-order valence-electron chi connectivity index (χ4n) is 2.71. The molecule has 1 aromatic heterocycles. The Morgan fingerprint density at radius 1 is 1.38 bits per heavy atom. The van der Waals surface area contributed by atoms with Gasteiger partial charge in [-0.05, 0) is 37.8 Å². The van der Waals surface area contributed by atoms with Crippen LogP contribution in [0.2, 0.25) is 0 Å². The summed E-state index contributed by atoms with van der Waals surface area (Å²) >= 11 is 0. The van der Waals surface area contributed by atoms with Crippen LogP contribution in [0.15, 0.2) is 18.2 Å². The summed E-state index contributed by atoms with van der Waals surface area (Å²) in [6.45, 7) is 7.09. The van der Waals surface area contributed by atoms with Gasteiger partial charge in [-0.1, -0.05) is 25.5 Å². The molecule has 1 saturated carbocycles. The van der Waals surface area contributed by atoms with Crippen LogP contribution in [0.25, 0.3) is 11.3 Å². The molecule has 1 heterocycles. The number of nitrogens with zero attached hydrogens (tertiary/aromatic N) is 2. The van der Waals surface area contributed by atoms with E-state index in [9.17, 15) is 4.39 Å². The number of aromatic nitrogens is 2. The zero-order chi connectivity index (χ0) is 15.1. The Labute approximate surface area is 125 Å². The fraction of sp³-hybridized carbons (Fsp3) is 0.471. The van der Waals surface area contributed by atoms with Crippen molar-refractivity contribution < 1.29 is 4.39 Å². The molecule has 0 amide bonds. The molecule has 21 heavy (non-hydrogen) atoms. The highest BCUT2D eigenvalue weighted by Crippen LogP contribution is 2.42. The highest BCUT2D eigenvalue weighted by atomic mass is 19.1. The van der Waals surface area contributed by atoms with Crippen molar-refractivity contribution in [2.45, 2.75) is 46.1 Å². The zero-order valence-corrected chi connectivity index (χ0v) is 12.9. The molecule has 3 rings (SSSR count). The lowest BCUT2D eigenvalue weighted by Crippen LogP contribution is -2.11. The smallest absolute Gasteiger partial charge is 0.132 e. The minimum atomic E-state index is -0.260. The van der Waals surface area contributed by atoms with Gasteiger partial charge in [0.25, 0.3) is 0 Å². The molecule has 0 spiro atoms. The van der Waals surface area contributed by atoms with Crippen LogP contribution in [-0.2, 0) is 6.54 Å². The van der Waals surface area contributed by atoms with Gasteiger partial charge in [0.05, 0.1) is 0 Å². The van der Waals surface area contributed by atoms with E-state index in [2.05, 4.69) is 18.4 Å². The normalized spacial score (nSPS) is 14.9. The van der Waals surface area contributed by atoms with E-state index in [0.717, 1.165) is 30.8 Å². The number of anilines is 1. The number of nitrogens with two attached hydrogens (primary N) is 1. The second-order valence-corrected chi connectivity index (χ2v) is 6.47. The molecule has 4 heteroatoms. The van der Waals surface area contributed by atoms with E-state index in [1.807, 2.05) is 13.0 Å². The minimum absolute atomic E-state index is 0.260. The number of imidazole rings is 1. The van der Waals surface area contributed by atoms with Gasteiger partial charge < -0.3 is 10.3 Å². The summed E-state index contributed by atoms with van der Waals surface area (Å²) in [4.78, 5) is 4.69.